The predicted octanol–water partition coefficient (Wildman–Crippen LogP) is 5.53. The van der Waals surface area contributed by atoms with E-state index in [4.69, 9.17) is 0 Å². The van der Waals surface area contributed by atoms with Crippen LogP contribution in [0.3, 0.4) is 0 Å². The van der Waals surface area contributed by atoms with Crippen LogP contribution in [0, 0.1) is 11.6 Å². The molecule has 96 valence electrons. The van der Waals surface area contributed by atoms with E-state index >= 15 is 0 Å². The van der Waals surface area contributed by atoms with Gasteiger partial charge in [0.15, 0.2) is 0 Å². The monoisotopic (exact) mass is 338 g/mol. The molecule has 0 unspecified atom stereocenters. The van der Waals surface area contributed by atoms with E-state index in [1.54, 1.807) is 29.5 Å². The molecular weight excluding hydrogens is 330 g/mol. The molecule has 3 rings (SSSR count). The van der Waals surface area contributed by atoms with Gasteiger partial charge in [0.05, 0.1) is 0 Å². The molecule has 3 aromatic rings. The van der Waals surface area contributed by atoms with E-state index in [-0.39, 0.29) is 11.6 Å². The fraction of sp³-hybridized carbons (Fsp3) is 0.0667. The predicted molar refractivity (Wildman–Crippen MR) is 78.7 cm³/mol. The molecule has 1 aromatic heterocycles. The van der Waals surface area contributed by atoms with Gasteiger partial charge in [-0.3, -0.25) is 0 Å². The largest absolute Gasteiger partial charge is 0.207 e. The van der Waals surface area contributed by atoms with Gasteiger partial charge in [-0.15, -0.1) is 11.3 Å². The Balaban J connectivity index is 1.98. The molecule has 0 nitrogen and oxygen atoms in total. The van der Waals surface area contributed by atoms with Gasteiger partial charge in [-0.25, -0.2) is 8.78 Å². The maximum absolute atomic E-state index is 13.7. The third kappa shape index (κ3) is 2.69. The molecule has 0 saturated heterocycles. The Kier molecular flexibility index (Phi) is 3.37. The van der Waals surface area contributed by atoms with Crippen molar-refractivity contribution in [1.82, 2.24) is 0 Å². The maximum atomic E-state index is 13.7. The number of fused-ring (bicyclic) bond motifs is 1. The Morgan fingerprint density at radius 1 is 1.00 bits per heavy atom. The fourth-order valence-electron chi connectivity index (χ4n) is 2.02. The van der Waals surface area contributed by atoms with Crippen molar-refractivity contribution >= 4 is 37.4 Å². The smallest absolute Gasteiger partial charge is 0.126 e. The highest BCUT2D eigenvalue weighted by atomic mass is 79.9. The summed E-state index contributed by atoms with van der Waals surface area (Å²) in [5.41, 5.74) is 0.640. The number of thiophene rings is 1. The van der Waals surface area contributed by atoms with E-state index in [0.717, 1.165) is 19.4 Å². The first kappa shape index (κ1) is 12.8. The van der Waals surface area contributed by atoms with E-state index < -0.39 is 0 Å². The zero-order valence-corrected chi connectivity index (χ0v) is 12.2. The van der Waals surface area contributed by atoms with Crippen molar-refractivity contribution in [3.05, 3.63) is 69.0 Å². The van der Waals surface area contributed by atoms with Gasteiger partial charge in [0, 0.05) is 20.5 Å². The van der Waals surface area contributed by atoms with Gasteiger partial charge in [0.25, 0.3) is 0 Å². The molecule has 4 heteroatoms. The SMILES string of the molecule is Fc1ccc2sc(Cc3cc(Br)ccc3F)cc2c1. The molecule has 0 N–H and O–H groups in total. The van der Waals surface area contributed by atoms with Gasteiger partial charge in [-0.05, 0) is 53.4 Å². The first-order valence-electron chi connectivity index (χ1n) is 5.74. The van der Waals surface area contributed by atoms with Crippen LogP contribution in [0.1, 0.15) is 10.4 Å². The van der Waals surface area contributed by atoms with Crippen LogP contribution in [-0.4, -0.2) is 0 Å². The fourth-order valence-corrected chi connectivity index (χ4v) is 3.50. The van der Waals surface area contributed by atoms with Gasteiger partial charge in [0.2, 0.25) is 0 Å². The molecule has 0 spiro atoms. The highest BCUT2D eigenvalue weighted by Crippen LogP contribution is 2.29. The van der Waals surface area contributed by atoms with E-state index in [2.05, 4.69) is 15.9 Å². The first-order chi connectivity index (χ1) is 9.11. The van der Waals surface area contributed by atoms with Crippen molar-refractivity contribution in [2.45, 2.75) is 6.42 Å². The first-order valence-corrected chi connectivity index (χ1v) is 7.35. The summed E-state index contributed by atoms with van der Waals surface area (Å²) < 4.78 is 28.7. The summed E-state index contributed by atoms with van der Waals surface area (Å²) in [7, 11) is 0. The number of hydrogen-bond donors (Lipinski definition) is 0. The lowest BCUT2D eigenvalue weighted by molar-refractivity contribution is 0.614. The third-order valence-electron chi connectivity index (χ3n) is 2.90. The molecule has 19 heavy (non-hydrogen) atoms. The van der Waals surface area contributed by atoms with Crippen LogP contribution in [0.25, 0.3) is 10.1 Å². The zero-order chi connectivity index (χ0) is 13.4. The highest BCUT2D eigenvalue weighted by molar-refractivity contribution is 9.10. The number of halogens is 3. The molecule has 0 saturated carbocycles. The van der Waals surface area contributed by atoms with E-state index in [9.17, 15) is 8.78 Å². The summed E-state index contributed by atoms with van der Waals surface area (Å²) in [5, 5.41) is 0.871. The van der Waals surface area contributed by atoms with Crippen LogP contribution in [-0.2, 0) is 6.42 Å². The molecular formula is C15H9BrF2S. The Hall–Kier alpha value is -1.26. The van der Waals surface area contributed by atoms with Crippen molar-refractivity contribution in [2.75, 3.05) is 0 Å². The third-order valence-corrected chi connectivity index (χ3v) is 4.51. The normalized spacial score (nSPS) is 11.1. The Bertz CT molecular complexity index is 749. The minimum Gasteiger partial charge on any atom is -0.207 e. The van der Waals surface area contributed by atoms with Crippen molar-refractivity contribution in [1.29, 1.82) is 0 Å². The van der Waals surface area contributed by atoms with Crippen molar-refractivity contribution in [3.63, 3.8) is 0 Å². The van der Waals surface area contributed by atoms with Gasteiger partial charge in [-0.1, -0.05) is 15.9 Å². The molecule has 0 aliphatic rings. The molecule has 0 radical (unpaired) electrons. The van der Waals surface area contributed by atoms with E-state index in [1.807, 2.05) is 6.07 Å². The zero-order valence-electron chi connectivity index (χ0n) is 9.79. The lowest BCUT2D eigenvalue weighted by Gasteiger charge is -2.01. The number of benzene rings is 2. The molecule has 0 fully saturated rings. The Morgan fingerprint density at radius 3 is 2.68 bits per heavy atom. The van der Waals surface area contributed by atoms with Gasteiger partial charge in [0.1, 0.15) is 11.6 Å². The van der Waals surface area contributed by atoms with Crippen LogP contribution in [0.5, 0.6) is 0 Å². The van der Waals surface area contributed by atoms with Gasteiger partial charge in [-0.2, -0.15) is 0 Å². The maximum Gasteiger partial charge on any atom is 0.126 e. The van der Waals surface area contributed by atoms with Crippen LogP contribution in [0.15, 0.2) is 46.9 Å². The average Bonchev–Trinajstić information content (AvgIpc) is 2.75. The van der Waals surface area contributed by atoms with Crippen molar-refractivity contribution < 1.29 is 8.78 Å². The van der Waals surface area contributed by atoms with Crippen LogP contribution < -0.4 is 0 Å². The van der Waals surface area contributed by atoms with E-state index in [1.165, 1.54) is 18.2 Å². The highest BCUT2D eigenvalue weighted by Gasteiger charge is 2.08. The summed E-state index contributed by atoms with van der Waals surface area (Å²) in [6, 6.07) is 11.5. The van der Waals surface area contributed by atoms with Crippen LogP contribution in [0.4, 0.5) is 8.78 Å². The number of hydrogen-bond acceptors (Lipinski definition) is 1. The topological polar surface area (TPSA) is 0 Å². The van der Waals surface area contributed by atoms with E-state index in [0.29, 0.717) is 12.0 Å². The Morgan fingerprint density at radius 2 is 1.84 bits per heavy atom. The minimum absolute atomic E-state index is 0.216. The second-order valence-corrected chi connectivity index (χ2v) is 6.39. The van der Waals surface area contributed by atoms with Crippen LogP contribution >= 0.6 is 27.3 Å². The lowest BCUT2D eigenvalue weighted by Crippen LogP contribution is -1.90. The second kappa shape index (κ2) is 5.02. The second-order valence-electron chi connectivity index (χ2n) is 4.31. The summed E-state index contributed by atoms with van der Waals surface area (Å²) in [6.07, 6.45) is 0.520. The summed E-state index contributed by atoms with van der Waals surface area (Å²) >= 11 is 4.91. The lowest BCUT2D eigenvalue weighted by atomic mass is 10.1. The van der Waals surface area contributed by atoms with Gasteiger partial charge < -0.3 is 0 Å². The minimum atomic E-state index is -0.245. The summed E-state index contributed by atoms with van der Waals surface area (Å²) in [4.78, 5) is 1.03. The van der Waals surface area contributed by atoms with Gasteiger partial charge >= 0.3 is 0 Å². The molecule has 0 atom stereocenters. The standard InChI is InChI=1S/C15H9BrF2S/c16-11-1-3-14(18)9(5-11)7-13-8-10-6-12(17)2-4-15(10)19-13/h1-6,8H,7H2. The number of rotatable bonds is 2. The molecule has 1 heterocycles. The Labute approximate surface area is 121 Å². The van der Waals surface area contributed by atoms with Crippen LogP contribution in [0.2, 0.25) is 0 Å². The quantitative estimate of drug-likeness (QED) is 0.576. The van der Waals surface area contributed by atoms with Crippen molar-refractivity contribution in [2.24, 2.45) is 0 Å². The summed E-state index contributed by atoms with van der Waals surface area (Å²) in [5.74, 6) is -0.461. The average molecular weight is 339 g/mol. The van der Waals surface area contributed by atoms with Crippen molar-refractivity contribution in [3.8, 4) is 0 Å². The molecule has 0 aliphatic carbocycles. The molecule has 0 aliphatic heterocycles. The molecule has 2 aromatic carbocycles. The molecule has 0 amide bonds. The molecule has 0 bridgehead atoms. The summed E-state index contributed by atoms with van der Waals surface area (Å²) in [6.45, 7) is 0.